The number of fused-ring (bicyclic) bond motifs is 1. The van der Waals surface area contributed by atoms with Gasteiger partial charge in [-0.3, -0.25) is 4.79 Å². The van der Waals surface area contributed by atoms with Crippen LogP contribution in [0, 0.1) is 11.8 Å². The third-order valence-electron chi connectivity index (χ3n) is 6.26. The van der Waals surface area contributed by atoms with Crippen molar-refractivity contribution in [1.82, 2.24) is 5.32 Å². The Morgan fingerprint density at radius 1 is 1.17 bits per heavy atom. The standard InChI is InChI=1S/C23H30N4O2/c1-16(19-6-4-3-5-7-20(19)24-15-28)23-25-21-9-8-17(14-22(21)26-23)27-12-10-18(29-2)11-13-27/h3-9,14-16,18-19,23,25-26H,10-13H2,1-2H3,(H,24,28). The highest BCUT2D eigenvalue weighted by molar-refractivity contribution is 5.78. The average molecular weight is 395 g/mol. The first kappa shape index (κ1) is 19.6. The number of anilines is 3. The highest BCUT2D eigenvalue weighted by Crippen LogP contribution is 2.38. The molecule has 29 heavy (non-hydrogen) atoms. The Hall–Kier alpha value is -2.73. The number of allylic oxidation sites excluding steroid dienone is 5. The number of hydrogen-bond acceptors (Lipinski definition) is 5. The largest absolute Gasteiger partial charge is 0.381 e. The second-order valence-corrected chi connectivity index (χ2v) is 7.96. The van der Waals surface area contributed by atoms with Gasteiger partial charge in [0.15, 0.2) is 0 Å². The highest BCUT2D eigenvalue weighted by atomic mass is 16.5. The normalized spacial score (nSPS) is 24.8. The van der Waals surface area contributed by atoms with Gasteiger partial charge >= 0.3 is 0 Å². The molecular formula is C23H30N4O2. The van der Waals surface area contributed by atoms with Crippen molar-refractivity contribution in [1.29, 1.82) is 0 Å². The van der Waals surface area contributed by atoms with Crippen LogP contribution in [0.5, 0.6) is 0 Å². The van der Waals surface area contributed by atoms with Gasteiger partial charge in [-0.05, 0) is 37.1 Å². The summed E-state index contributed by atoms with van der Waals surface area (Å²) in [7, 11) is 1.80. The second kappa shape index (κ2) is 8.74. The lowest BCUT2D eigenvalue weighted by atomic mass is 9.88. The Bertz CT molecular complexity index is 824. The lowest BCUT2D eigenvalue weighted by Crippen LogP contribution is -2.37. The molecule has 0 saturated carbocycles. The van der Waals surface area contributed by atoms with Crippen LogP contribution in [0.1, 0.15) is 19.8 Å². The predicted molar refractivity (Wildman–Crippen MR) is 118 cm³/mol. The molecule has 0 radical (unpaired) electrons. The summed E-state index contributed by atoms with van der Waals surface area (Å²) in [6.07, 6.45) is 13.5. The molecule has 3 aliphatic rings. The van der Waals surface area contributed by atoms with Crippen molar-refractivity contribution < 1.29 is 9.53 Å². The number of benzene rings is 1. The summed E-state index contributed by atoms with van der Waals surface area (Å²) < 4.78 is 5.49. The summed E-state index contributed by atoms with van der Waals surface area (Å²) in [6, 6.07) is 6.60. The molecule has 3 N–H and O–H groups in total. The molecule has 4 rings (SSSR count). The van der Waals surface area contributed by atoms with Gasteiger partial charge in [0.05, 0.1) is 17.5 Å². The minimum Gasteiger partial charge on any atom is -0.381 e. The van der Waals surface area contributed by atoms with Gasteiger partial charge in [-0.2, -0.15) is 0 Å². The Kier molecular flexibility index (Phi) is 5.90. The van der Waals surface area contributed by atoms with E-state index in [1.807, 2.05) is 24.3 Å². The van der Waals surface area contributed by atoms with Crippen LogP contribution in [-0.2, 0) is 9.53 Å². The first-order chi connectivity index (χ1) is 14.2. The first-order valence-corrected chi connectivity index (χ1v) is 10.4. The summed E-state index contributed by atoms with van der Waals surface area (Å²) in [5, 5.41) is 10.1. The van der Waals surface area contributed by atoms with Crippen molar-refractivity contribution in [3.05, 3.63) is 54.3 Å². The van der Waals surface area contributed by atoms with Crippen molar-refractivity contribution >= 4 is 23.5 Å². The number of carbonyl (C=O) groups excluding carboxylic acids is 1. The SMILES string of the molecule is COC1CCN(c2ccc3c(c2)NC(C(C)C2C=CC=CC=C2NC=O)N3)CC1. The zero-order chi connectivity index (χ0) is 20.2. The van der Waals surface area contributed by atoms with Gasteiger partial charge in [-0.25, -0.2) is 0 Å². The summed E-state index contributed by atoms with van der Waals surface area (Å²) in [5.41, 5.74) is 4.43. The van der Waals surface area contributed by atoms with Crippen molar-refractivity contribution in [2.45, 2.75) is 32.0 Å². The van der Waals surface area contributed by atoms with E-state index in [2.05, 4.69) is 52.0 Å². The quantitative estimate of drug-likeness (QED) is 0.645. The molecule has 1 fully saturated rings. The maximum absolute atomic E-state index is 11.0. The fraction of sp³-hybridized carbons (Fsp3) is 0.435. The van der Waals surface area contributed by atoms with E-state index in [0.29, 0.717) is 6.10 Å². The van der Waals surface area contributed by atoms with Crippen LogP contribution >= 0.6 is 0 Å². The van der Waals surface area contributed by atoms with Crippen LogP contribution in [0.3, 0.4) is 0 Å². The molecule has 1 aliphatic carbocycles. The maximum atomic E-state index is 11.0. The smallest absolute Gasteiger partial charge is 0.211 e. The Labute approximate surface area is 172 Å². The van der Waals surface area contributed by atoms with E-state index < -0.39 is 0 Å². The van der Waals surface area contributed by atoms with Crippen LogP contribution in [0.25, 0.3) is 0 Å². The monoisotopic (exact) mass is 394 g/mol. The molecule has 3 atom stereocenters. The van der Waals surface area contributed by atoms with Crippen LogP contribution in [0.2, 0.25) is 0 Å². The number of nitrogens with zero attached hydrogens (tertiary/aromatic N) is 1. The van der Waals surface area contributed by atoms with Gasteiger partial charge in [-0.1, -0.05) is 31.2 Å². The van der Waals surface area contributed by atoms with Gasteiger partial charge < -0.3 is 25.6 Å². The number of methoxy groups -OCH3 is 1. The molecule has 1 aromatic carbocycles. The van der Waals surface area contributed by atoms with Crippen LogP contribution in [0.4, 0.5) is 17.1 Å². The minimum absolute atomic E-state index is 0.0871. The Morgan fingerprint density at radius 2 is 1.97 bits per heavy atom. The number of ether oxygens (including phenoxy) is 1. The number of hydrogen-bond donors (Lipinski definition) is 3. The Balaban J connectivity index is 1.45. The van der Waals surface area contributed by atoms with Crippen molar-refractivity contribution in [3.8, 4) is 0 Å². The zero-order valence-corrected chi connectivity index (χ0v) is 17.1. The number of nitrogens with one attached hydrogen (secondary N) is 3. The number of amides is 1. The summed E-state index contributed by atoms with van der Waals surface area (Å²) in [6.45, 7) is 4.25. The van der Waals surface area contributed by atoms with E-state index in [9.17, 15) is 4.79 Å². The third-order valence-corrected chi connectivity index (χ3v) is 6.26. The van der Waals surface area contributed by atoms with Crippen molar-refractivity contribution in [3.63, 3.8) is 0 Å². The van der Waals surface area contributed by atoms with E-state index in [1.165, 1.54) is 5.69 Å². The molecular weight excluding hydrogens is 364 g/mol. The average Bonchev–Trinajstić information content (AvgIpc) is 3.05. The third kappa shape index (κ3) is 4.17. The number of piperidine rings is 1. The molecule has 1 amide bonds. The van der Waals surface area contributed by atoms with Crippen LogP contribution in [0.15, 0.2) is 54.3 Å². The van der Waals surface area contributed by atoms with Crippen LogP contribution < -0.4 is 20.9 Å². The van der Waals surface area contributed by atoms with Crippen LogP contribution in [-0.4, -0.2) is 38.9 Å². The predicted octanol–water partition coefficient (Wildman–Crippen LogP) is 3.47. The fourth-order valence-electron chi connectivity index (χ4n) is 4.46. The van der Waals surface area contributed by atoms with Gasteiger partial charge in [0.2, 0.25) is 6.41 Å². The summed E-state index contributed by atoms with van der Waals surface area (Å²) >= 11 is 0. The maximum Gasteiger partial charge on any atom is 0.211 e. The molecule has 6 nitrogen and oxygen atoms in total. The second-order valence-electron chi connectivity index (χ2n) is 7.96. The van der Waals surface area contributed by atoms with Crippen molar-refractivity contribution in [2.24, 2.45) is 11.8 Å². The molecule has 6 heteroatoms. The molecule has 0 bridgehead atoms. The van der Waals surface area contributed by atoms with Gasteiger partial charge in [0.25, 0.3) is 0 Å². The van der Waals surface area contributed by atoms with Gasteiger partial charge in [0, 0.05) is 43.4 Å². The lowest BCUT2D eigenvalue weighted by Gasteiger charge is -2.33. The lowest BCUT2D eigenvalue weighted by molar-refractivity contribution is -0.109. The zero-order valence-electron chi connectivity index (χ0n) is 17.1. The highest BCUT2D eigenvalue weighted by Gasteiger charge is 2.31. The topological polar surface area (TPSA) is 65.6 Å². The molecule has 1 aromatic rings. The van der Waals surface area contributed by atoms with E-state index in [0.717, 1.165) is 49.4 Å². The van der Waals surface area contributed by atoms with E-state index >= 15 is 0 Å². The first-order valence-electron chi connectivity index (χ1n) is 10.4. The molecule has 1 saturated heterocycles. The molecule has 2 aliphatic heterocycles. The van der Waals surface area contributed by atoms with Gasteiger partial charge in [0.1, 0.15) is 6.17 Å². The number of rotatable bonds is 6. The van der Waals surface area contributed by atoms with E-state index in [4.69, 9.17) is 4.74 Å². The minimum atomic E-state index is 0.0871. The Morgan fingerprint density at radius 3 is 2.72 bits per heavy atom. The fourth-order valence-corrected chi connectivity index (χ4v) is 4.46. The number of carbonyl (C=O) groups is 1. The molecule has 0 aromatic heterocycles. The van der Waals surface area contributed by atoms with E-state index in [-0.39, 0.29) is 18.0 Å². The van der Waals surface area contributed by atoms with E-state index in [1.54, 1.807) is 7.11 Å². The summed E-state index contributed by atoms with van der Waals surface area (Å²) in [5.74, 6) is 0.347. The van der Waals surface area contributed by atoms with Crippen molar-refractivity contribution in [2.75, 3.05) is 35.7 Å². The molecule has 154 valence electrons. The molecule has 2 heterocycles. The van der Waals surface area contributed by atoms with Gasteiger partial charge in [-0.15, -0.1) is 0 Å². The molecule has 0 spiro atoms. The summed E-state index contributed by atoms with van der Waals surface area (Å²) in [4.78, 5) is 13.5. The molecule has 3 unspecified atom stereocenters.